The number of carbonyl (C=O) groups excluding carboxylic acids is 2. The number of benzene rings is 1. The quantitative estimate of drug-likeness (QED) is 0.763. The van der Waals surface area contributed by atoms with E-state index in [1.807, 2.05) is 35.2 Å². The van der Waals surface area contributed by atoms with Crippen molar-refractivity contribution >= 4 is 11.9 Å². The van der Waals surface area contributed by atoms with Crippen molar-refractivity contribution in [3.8, 4) is 0 Å². The summed E-state index contributed by atoms with van der Waals surface area (Å²) < 4.78 is 0. The highest BCUT2D eigenvalue weighted by atomic mass is 16.3. The van der Waals surface area contributed by atoms with E-state index >= 15 is 0 Å². The maximum Gasteiger partial charge on any atom is 0.321 e. The van der Waals surface area contributed by atoms with Gasteiger partial charge in [0.2, 0.25) is 5.91 Å². The second kappa shape index (κ2) is 7.19. The molecule has 0 unspecified atom stereocenters. The first-order valence-electron chi connectivity index (χ1n) is 7.11. The lowest BCUT2D eigenvalue weighted by molar-refractivity contribution is -0.126. The van der Waals surface area contributed by atoms with Crippen LogP contribution < -0.4 is 10.6 Å². The van der Waals surface area contributed by atoms with Crippen LogP contribution in [0.1, 0.15) is 24.4 Å². The molecule has 114 valence electrons. The van der Waals surface area contributed by atoms with Crippen LogP contribution in [-0.2, 0) is 4.79 Å². The molecule has 1 aliphatic rings. The Morgan fingerprint density at radius 1 is 1.33 bits per heavy atom. The molecule has 0 aliphatic carbocycles. The van der Waals surface area contributed by atoms with Crippen LogP contribution >= 0.6 is 0 Å². The van der Waals surface area contributed by atoms with E-state index in [2.05, 4.69) is 10.6 Å². The van der Waals surface area contributed by atoms with Crippen molar-refractivity contribution in [1.82, 2.24) is 15.5 Å². The normalized spacial score (nSPS) is 20.6. The second-order valence-corrected chi connectivity index (χ2v) is 5.17. The zero-order valence-electron chi connectivity index (χ0n) is 12.1. The van der Waals surface area contributed by atoms with Crippen LogP contribution in [-0.4, -0.2) is 48.2 Å². The molecule has 3 N–H and O–H groups in total. The molecule has 1 heterocycles. The number of aliphatic hydroxyl groups is 1. The van der Waals surface area contributed by atoms with Crippen molar-refractivity contribution in [2.45, 2.75) is 25.0 Å². The first kappa shape index (κ1) is 15.5. The third-order valence-corrected chi connectivity index (χ3v) is 3.62. The van der Waals surface area contributed by atoms with Crippen molar-refractivity contribution in [2.75, 3.05) is 20.1 Å². The summed E-state index contributed by atoms with van der Waals surface area (Å²) in [5, 5.41) is 14.5. The standard InChI is InChI=1S/C15H21N3O3/c1-16-15(21)17-14(20)13(11-6-3-2-4-7-11)18-9-5-8-12(19)10-18/h2-4,6-7,12-13,19H,5,8-10H2,1H3,(H2,16,17,20,21)/t12-,13-/m1/s1. The van der Waals surface area contributed by atoms with Gasteiger partial charge >= 0.3 is 6.03 Å². The molecule has 3 amide bonds. The van der Waals surface area contributed by atoms with Crippen molar-refractivity contribution in [3.63, 3.8) is 0 Å². The zero-order valence-corrected chi connectivity index (χ0v) is 12.1. The van der Waals surface area contributed by atoms with E-state index in [4.69, 9.17) is 0 Å². The number of nitrogens with one attached hydrogen (secondary N) is 2. The van der Waals surface area contributed by atoms with Crippen molar-refractivity contribution in [3.05, 3.63) is 35.9 Å². The molecule has 0 saturated carbocycles. The minimum Gasteiger partial charge on any atom is -0.392 e. The molecule has 1 fully saturated rings. The number of imide groups is 1. The molecule has 1 aromatic carbocycles. The lowest BCUT2D eigenvalue weighted by atomic mass is 10.00. The average Bonchev–Trinajstić information content (AvgIpc) is 2.48. The Morgan fingerprint density at radius 2 is 2.05 bits per heavy atom. The topological polar surface area (TPSA) is 81.7 Å². The number of urea groups is 1. The van der Waals surface area contributed by atoms with Gasteiger partial charge in [0.05, 0.1) is 6.10 Å². The van der Waals surface area contributed by atoms with Gasteiger partial charge in [0.15, 0.2) is 0 Å². The van der Waals surface area contributed by atoms with Crippen molar-refractivity contribution in [2.24, 2.45) is 0 Å². The summed E-state index contributed by atoms with van der Waals surface area (Å²) in [4.78, 5) is 25.7. The van der Waals surface area contributed by atoms with Crippen molar-refractivity contribution < 1.29 is 14.7 Å². The van der Waals surface area contributed by atoms with Crippen LogP contribution in [0.3, 0.4) is 0 Å². The van der Waals surface area contributed by atoms with Gasteiger partial charge in [0.1, 0.15) is 6.04 Å². The first-order valence-corrected chi connectivity index (χ1v) is 7.11. The molecule has 2 atom stereocenters. The fraction of sp³-hybridized carbons (Fsp3) is 0.467. The molecule has 0 aromatic heterocycles. The Morgan fingerprint density at radius 3 is 2.67 bits per heavy atom. The molecular formula is C15H21N3O3. The Kier molecular flexibility index (Phi) is 5.30. The summed E-state index contributed by atoms with van der Waals surface area (Å²) in [5.41, 5.74) is 0.813. The van der Waals surface area contributed by atoms with Crippen molar-refractivity contribution in [1.29, 1.82) is 0 Å². The van der Waals surface area contributed by atoms with E-state index in [0.717, 1.165) is 24.9 Å². The maximum absolute atomic E-state index is 12.4. The molecule has 1 aromatic rings. The number of hydrogen-bond acceptors (Lipinski definition) is 4. The Bertz CT molecular complexity index is 492. The summed E-state index contributed by atoms with van der Waals surface area (Å²) in [5.74, 6) is -0.380. The van der Waals surface area contributed by atoms with E-state index < -0.39 is 18.2 Å². The number of β-amino-alcohol motifs (C(OH)–C–C–N with tert-alkyl or cyclic N) is 1. The number of nitrogens with zero attached hydrogens (tertiary/aromatic N) is 1. The van der Waals surface area contributed by atoms with Gasteiger partial charge < -0.3 is 10.4 Å². The fourth-order valence-corrected chi connectivity index (χ4v) is 2.62. The molecule has 6 nitrogen and oxygen atoms in total. The summed E-state index contributed by atoms with van der Waals surface area (Å²) in [7, 11) is 1.46. The van der Waals surface area contributed by atoms with Crippen LogP contribution in [0.5, 0.6) is 0 Å². The zero-order chi connectivity index (χ0) is 15.2. The molecule has 0 bridgehead atoms. The molecule has 6 heteroatoms. The van der Waals surface area contributed by atoms with E-state index in [1.54, 1.807) is 0 Å². The van der Waals surface area contributed by atoms with Gasteiger partial charge in [-0.1, -0.05) is 30.3 Å². The van der Waals surface area contributed by atoms with Crippen LogP contribution in [0.25, 0.3) is 0 Å². The molecule has 0 radical (unpaired) electrons. The molecule has 21 heavy (non-hydrogen) atoms. The highest BCUT2D eigenvalue weighted by Crippen LogP contribution is 2.25. The lowest BCUT2D eigenvalue weighted by Crippen LogP contribution is -2.49. The van der Waals surface area contributed by atoms with Crippen LogP contribution in [0.15, 0.2) is 30.3 Å². The number of aliphatic hydroxyl groups excluding tert-OH is 1. The third-order valence-electron chi connectivity index (χ3n) is 3.62. The Hall–Kier alpha value is -1.92. The number of amides is 3. The highest BCUT2D eigenvalue weighted by molar-refractivity contribution is 5.97. The number of carbonyl (C=O) groups is 2. The molecule has 2 rings (SSSR count). The van der Waals surface area contributed by atoms with Crippen LogP contribution in [0, 0.1) is 0 Å². The molecule has 1 saturated heterocycles. The lowest BCUT2D eigenvalue weighted by Gasteiger charge is -2.35. The molecule has 1 aliphatic heterocycles. The minimum absolute atomic E-state index is 0.380. The van der Waals surface area contributed by atoms with Gasteiger partial charge in [-0.05, 0) is 24.9 Å². The Balaban J connectivity index is 2.22. The SMILES string of the molecule is CNC(=O)NC(=O)[C@@H](c1ccccc1)N1CCC[C@@H](O)C1. The van der Waals surface area contributed by atoms with Gasteiger partial charge in [0.25, 0.3) is 0 Å². The molecular weight excluding hydrogens is 270 g/mol. The summed E-state index contributed by atoms with van der Waals surface area (Å²) in [6, 6.07) is 8.20. The van der Waals surface area contributed by atoms with E-state index in [-0.39, 0.29) is 5.91 Å². The smallest absolute Gasteiger partial charge is 0.321 e. The van der Waals surface area contributed by atoms with E-state index in [9.17, 15) is 14.7 Å². The number of piperidine rings is 1. The largest absolute Gasteiger partial charge is 0.392 e. The Labute approximate surface area is 124 Å². The number of likely N-dealkylation sites (tertiary alicyclic amines) is 1. The number of hydrogen-bond donors (Lipinski definition) is 3. The third kappa shape index (κ3) is 4.03. The van der Waals surface area contributed by atoms with Gasteiger partial charge in [-0.25, -0.2) is 4.79 Å². The fourth-order valence-electron chi connectivity index (χ4n) is 2.62. The van der Waals surface area contributed by atoms with E-state index in [1.165, 1.54) is 7.05 Å². The summed E-state index contributed by atoms with van der Waals surface area (Å²) in [6.07, 6.45) is 1.14. The van der Waals surface area contributed by atoms with Gasteiger partial charge in [-0.15, -0.1) is 0 Å². The summed E-state index contributed by atoms with van der Waals surface area (Å²) in [6.45, 7) is 1.15. The van der Waals surface area contributed by atoms with E-state index in [0.29, 0.717) is 6.54 Å². The predicted molar refractivity (Wildman–Crippen MR) is 78.6 cm³/mol. The maximum atomic E-state index is 12.4. The van der Waals surface area contributed by atoms with Crippen LogP contribution in [0.4, 0.5) is 4.79 Å². The molecule has 0 spiro atoms. The monoisotopic (exact) mass is 291 g/mol. The van der Waals surface area contributed by atoms with Gasteiger partial charge in [-0.3, -0.25) is 15.0 Å². The average molecular weight is 291 g/mol. The van der Waals surface area contributed by atoms with Crippen LogP contribution in [0.2, 0.25) is 0 Å². The highest BCUT2D eigenvalue weighted by Gasteiger charge is 2.31. The van der Waals surface area contributed by atoms with Gasteiger partial charge in [-0.2, -0.15) is 0 Å². The predicted octanol–water partition coefficient (Wildman–Crippen LogP) is 0.640. The first-order chi connectivity index (χ1) is 10.1. The second-order valence-electron chi connectivity index (χ2n) is 5.17. The minimum atomic E-state index is -0.571. The number of rotatable bonds is 3. The summed E-state index contributed by atoms with van der Waals surface area (Å²) >= 11 is 0. The van der Waals surface area contributed by atoms with Gasteiger partial charge in [0, 0.05) is 13.6 Å².